The number of aryl methyl sites for hydroxylation is 1. The molecule has 1 aliphatic rings. The van der Waals surface area contributed by atoms with Gasteiger partial charge in [0.2, 0.25) is 5.88 Å². The second kappa shape index (κ2) is 1.94. The smallest absolute Gasteiger partial charge is 0.236 e. The van der Waals surface area contributed by atoms with E-state index in [0.717, 1.165) is 18.7 Å². The fourth-order valence-electron chi connectivity index (χ4n) is 1.09. The largest absolute Gasteiger partial charge is 0.476 e. The summed E-state index contributed by atoms with van der Waals surface area (Å²) in [4.78, 5) is 0. The molecular weight excluding hydrogens is 128 g/mol. The van der Waals surface area contributed by atoms with Gasteiger partial charge in [0.05, 0.1) is 12.3 Å². The zero-order chi connectivity index (χ0) is 6.97. The minimum atomic E-state index is 0.714. The molecule has 2 rings (SSSR count). The number of fused-ring (bicyclic) bond motifs is 1. The summed E-state index contributed by atoms with van der Waals surface area (Å²) in [6, 6.07) is 2.02. The number of hydrogen-bond acceptors (Lipinski definition) is 3. The van der Waals surface area contributed by atoms with Gasteiger partial charge in [-0.15, -0.1) is 5.10 Å². The van der Waals surface area contributed by atoms with E-state index in [9.17, 15) is 0 Å². The van der Waals surface area contributed by atoms with Gasteiger partial charge >= 0.3 is 0 Å². The molecule has 0 aliphatic carbocycles. The lowest BCUT2D eigenvalue weighted by Crippen LogP contribution is -1.90. The number of rotatable bonds is 0. The van der Waals surface area contributed by atoms with Crippen LogP contribution in [0.3, 0.4) is 0 Å². The summed E-state index contributed by atoms with van der Waals surface area (Å²) >= 11 is 0. The summed E-state index contributed by atoms with van der Waals surface area (Å²) in [5.41, 5.74) is 2.15. The lowest BCUT2D eigenvalue weighted by Gasteiger charge is -1.94. The number of ether oxygens (including phenoxy) is 1. The Morgan fingerprint density at radius 1 is 1.50 bits per heavy atom. The Morgan fingerprint density at radius 2 is 2.40 bits per heavy atom. The Balaban J connectivity index is 2.52. The van der Waals surface area contributed by atoms with E-state index in [1.807, 2.05) is 13.0 Å². The van der Waals surface area contributed by atoms with E-state index in [0.29, 0.717) is 5.88 Å². The van der Waals surface area contributed by atoms with Crippen molar-refractivity contribution in [2.45, 2.75) is 13.3 Å². The quantitative estimate of drug-likeness (QED) is 0.527. The van der Waals surface area contributed by atoms with Gasteiger partial charge in [0.1, 0.15) is 0 Å². The fourth-order valence-corrected chi connectivity index (χ4v) is 1.09. The van der Waals surface area contributed by atoms with Crippen LogP contribution >= 0.6 is 0 Å². The highest BCUT2D eigenvalue weighted by atomic mass is 16.5. The van der Waals surface area contributed by atoms with E-state index in [1.54, 1.807) is 0 Å². The highest BCUT2D eigenvalue weighted by Crippen LogP contribution is 2.20. The predicted molar refractivity (Wildman–Crippen MR) is 36.0 cm³/mol. The molecule has 0 amide bonds. The van der Waals surface area contributed by atoms with Gasteiger partial charge in [0.25, 0.3) is 0 Å². The molecule has 1 aliphatic heterocycles. The van der Waals surface area contributed by atoms with Gasteiger partial charge in [-0.25, -0.2) is 0 Å². The molecule has 0 saturated carbocycles. The summed E-state index contributed by atoms with van der Waals surface area (Å²) in [7, 11) is 0. The predicted octanol–water partition coefficient (Wildman–Crippen LogP) is 0.720. The van der Waals surface area contributed by atoms with Gasteiger partial charge < -0.3 is 4.74 Å². The van der Waals surface area contributed by atoms with E-state index >= 15 is 0 Å². The van der Waals surface area contributed by atoms with E-state index in [-0.39, 0.29) is 0 Å². The van der Waals surface area contributed by atoms with Crippen LogP contribution in [0.15, 0.2) is 6.07 Å². The minimum absolute atomic E-state index is 0.714. The van der Waals surface area contributed by atoms with Gasteiger partial charge in [-0.3, -0.25) is 0 Å². The lowest BCUT2D eigenvalue weighted by molar-refractivity contribution is 0.341. The molecule has 0 atom stereocenters. The highest BCUT2D eigenvalue weighted by Gasteiger charge is 2.12. The maximum absolute atomic E-state index is 5.18. The van der Waals surface area contributed by atoms with Crippen molar-refractivity contribution in [1.82, 2.24) is 10.2 Å². The summed E-state index contributed by atoms with van der Waals surface area (Å²) in [6.07, 6.45) is 0.978. The average Bonchev–Trinajstić information content (AvgIpc) is 2.33. The van der Waals surface area contributed by atoms with Crippen LogP contribution in [0.5, 0.6) is 5.88 Å². The molecule has 3 heteroatoms. The van der Waals surface area contributed by atoms with Crippen molar-refractivity contribution in [1.29, 1.82) is 0 Å². The van der Waals surface area contributed by atoms with Gasteiger partial charge in [-0.2, -0.15) is 5.10 Å². The molecule has 52 valence electrons. The van der Waals surface area contributed by atoms with Crippen LogP contribution in [0.25, 0.3) is 0 Å². The Hall–Kier alpha value is -1.12. The van der Waals surface area contributed by atoms with Crippen LogP contribution in [0.2, 0.25) is 0 Å². The average molecular weight is 136 g/mol. The molecule has 0 spiro atoms. The van der Waals surface area contributed by atoms with Crippen molar-refractivity contribution in [3.63, 3.8) is 0 Å². The Morgan fingerprint density at radius 3 is 3.30 bits per heavy atom. The van der Waals surface area contributed by atoms with Crippen molar-refractivity contribution < 1.29 is 4.74 Å². The first-order chi connectivity index (χ1) is 4.86. The molecule has 0 unspecified atom stereocenters. The third-order valence-corrected chi connectivity index (χ3v) is 1.57. The first-order valence-electron chi connectivity index (χ1n) is 3.32. The molecule has 2 heterocycles. The molecule has 1 aromatic rings. The van der Waals surface area contributed by atoms with E-state index in [1.165, 1.54) is 5.56 Å². The zero-order valence-electron chi connectivity index (χ0n) is 5.79. The number of aromatic nitrogens is 2. The highest BCUT2D eigenvalue weighted by molar-refractivity contribution is 5.29. The van der Waals surface area contributed by atoms with Crippen molar-refractivity contribution >= 4 is 0 Å². The second-order valence-electron chi connectivity index (χ2n) is 2.41. The molecule has 0 aromatic carbocycles. The summed E-state index contributed by atoms with van der Waals surface area (Å²) in [5, 5.41) is 7.76. The molecule has 0 bridgehead atoms. The molecule has 1 aromatic heterocycles. The van der Waals surface area contributed by atoms with Gasteiger partial charge in [0, 0.05) is 12.0 Å². The summed E-state index contributed by atoms with van der Waals surface area (Å²) in [5.74, 6) is 0.714. The molecular formula is C7H8N2O. The van der Waals surface area contributed by atoms with Crippen LogP contribution in [-0.4, -0.2) is 16.8 Å². The van der Waals surface area contributed by atoms with Crippen LogP contribution in [0, 0.1) is 6.92 Å². The van der Waals surface area contributed by atoms with Crippen molar-refractivity contribution in [2.24, 2.45) is 0 Å². The van der Waals surface area contributed by atoms with Crippen LogP contribution in [0.1, 0.15) is 11.3 Å². The van der Waals surface area contributed by atoms with Crippen LogP contribution in [0.4, 0.5) is 0 Å². The molecule has 3 nitrogen and oxygen atoms in total. The van der Waals surface area contributed by atoms with Gasteiger partial charge in [-0.05, 0) is 13.0 Å². The Labute approximate surface area is 59.0 Å². The zero-order valence-corrected chi connectivity index (χ0v) is 5.79. The van der Waals surface area contributed by atoms with E-state index in [4.69, 9.17) is 4.74 Å². The maximum Gasteiger partial charge on any atom is 0.236 e. The lowest BCUT2D eigenvalue weighted by atomic mass is 10.2. The van der Waals surface area contributed by atoms with Crippen LogP contribution < -0.4 is 4.74 Å². The Kier molecular flexibility index (Phi) is 1.09. The van der Waals surface area contributed by atoms with E-state index < -0.39 is 0 Å². The first kappa shape index (κ1) is 5.65. The van der Waals surface area contributed by atoms with Crippen molar-refractivity contribution in [2.75, 3.05) is 6.61 Å². The number of nitrogens with zero attached hydrogens (tertiary/aromatic N) is 2. The van der Waals surface area contributed by atoms with Gasteiger partial charge in [-0.1, -0.05) is 0 Å². The maximum atomic E-state index is 5.18. The second-order valence-corrected chi connectivity index (χ2v) is 2.41. The molecule has 0 fully saturated rings. The van der Waals surface area contributed by atoms with Gasteiger partial charge in [0.15, 0.2) is 0 Å². The topological polar surface area (TPSA) is 35.0 Å². The standard InChI is InChI=1S/C7H8N2O/c1-5-4-6-2-3-10-7(6)9-8-5/h4H,2-3H2,1H3. The molecule has 0 N–H and O–H groups in total. The van der Waals surface area contributed by atoms with Crippen LogP contribution in [-0.2, 0) is 6.42 Å². The van der Waals surface area contributed by atoms with E-state index in [2.05, 4.69) is 10.2 Å². The minimum Gasteiger partial charge on any atom is -0.476 e. The third kappa shape index (κ3) is 0.744. The Bertz CT molecular complexity index is 260. The molecule has 0 saturated heterocycles. The van der Waals surface area contributed by atoms with Crippen molar-refractivity contribution in [3.8, 4) is 5.88 Å². The first-order valence-corrected chi connectivity index (χ1v) is 3.32. The molecule has 10 heavy (non-hydrogen) atoms. The SMILES string of the molecule is Cc1cc2c(nn1)OCC2. The van der Waals surface area contributed by atoms with Crippen molar-refractivity contribution in [3.05, 3.63) is 17.3 Å². The molecule has 0 radical (unpaired) electrons. The normalized spacial score (nSPS) is 14.5. The summed E-state index contributed by atoms with van der Waals surface area (Å²) in [6.45, 7) is 2.69. The summed E-state index contributed by atoms with van der Waals surface area (Å²) < 4.78 is 5.18. The number of hydrogen-bond donors (Lipinski definition) is 0. The third-order valence-electron chi connectivity index (χ3n) is 1.57. The monoisotopic (exact) mass is 136 g/mol. The fraction of sp³-hybridized carbons (Fsp3) is 0.429.